The lowest BCUT2D eigenvalue weighted by Gasteiger charge is -2.17. The van der Waals surface area contributed by atoms with Gasteiger partial charge in [0.1, 0.15) is 5.82 Å². The Kier molecular flexibility index (Phi) is 5.22. The predicted octanol–water partition coefficient (Wildman–Crippen LogP) is 5.09. The molecule has 5 heteroatoms. The van der Waals surface area contributed by atoms with Crippen molar-refractivity contribution >= 4 is 34.5 Å². The molecule has 19 heavy (non-hydrogen) atoms. The molecule has 0 aliphatic rings. The quantitative estimate of drug-likeness (QED) is 0.757. The molecule has 0 amide bonds. The number of hydrogen-bond donors (Lipinski definition) is 1. The Balaban J connectivity index is 2.00. The van der Waals surface area contributed by atoms with Crippen molar-refractivity contribution in [2.45, 2.75) is 19.4 Å². The van der Waals surface area contributed by atoms with Crippen LogP contribution in [0, 0.1) is 5.82 Å². The highest BCUT2D eigenvalue weighted by atomic mass is 35.5. The fourth-order valence-electron chi connectivity index (χ4n) is 1.91. The topological polar surface area (TPSA) is 12.0 Å². The van der Waals surface area contributed by atoms with E-state index in [1.54, 1.807) is 11.3 Å². The van der Waals surface area contributed by atoms with E-state index in [1.807, 2.05) is 13.0 Å². The lowest BCUT2D eigenvalue weighted by molar-refractivity contribution is 0.569. The third-order valence-electron chi connectivity index (χ3n) is 2.91. The Morgan fingerprint density at radius 2 is 2.11 bits per heavy atom. The van der Waals surface area contributed by atoms with Crippen LogP contribution in [0.3, 0.4) is 0 Å². The zero-order valence-corrected chi connectivity index (χ0v) is 12.7. The van der Waals surface area contributed by atoms with Crippen LogP contribution < -0.4 is 5.32 Å². The van der Waals surface area contributed by atoms with E-state index < -0.39 is 5.82 Å². The summed E-state index contributed by atoms with van der Waals surface area (Å²) in [6.45, 7) is 2.73. The molecule has 0 bridgehead atoms. The summed E-state index contributed by atoms with van der Waals surface area (Å²) >= 11 is 13.8. The zero-order chi connectivity index (χ0) is 13.8. The van der Waals surface area contributed by atoms with Crippen molar-refractivity contribution in [1.82, 2.24) is 5.32 Å². The van der Waals surface area contributed by atoms with Crippen LogP contribution in [0.4, 0.5) is 4.39 Å². The lowest BCUT2D eigenvalue weighted by atomic mass is 10.1. The van der Waals surface area contributed by atoms with Crippen molar-refractivity contribution < 1.29 is 4.39 Å². The van der Waals surface area contributed by atoms with Crippen LogP contribution in [0.15, 0.2) is 29.6 Å². The van der Waals surface area contributed by atoms with Gasteiger partial charge in [-0.15, -0.1) is 11.3 Å². The molecular formula is C14H14Cl2FNS. The maximum Gasteiger partial charge on any atom is 0.142 e. The summed E-state index contributed by atoms with van der Waals surface area (Å²) in [7, 11) is 0. The molecule has 2 rings (SSSR count). The Hall–Kier alpha value is -0.610. The predicted molar refractivity (Wildman–Crippen MR) is 80.9 cm³/mol. The van der Waals surface area contributed by atoms with Crippen LogP contribution in [0.5, 0.6) is 0 Å². The van der Waals surface area contributed by atoms with Gasteiger partial charge in [-0.2, -0.15) is 0 Å². The highest BCUT2D eigenvalue weighted by Crippen LogP contribution is 2.32. The van der Waals surface area contributed by atoms with E-state index in [2.05, 4.69) is 16.8 Å². The summed E-state index contributed by atoms with van der Waals surface area (Å²) in [5, 5.41) is 5.96. The molecule has 0 radical (unpaired) electrons. The highest BCUT2D eigenvalue weighted by Gasteiger charge is 2.16. The normalized spacial score (nSPS) is 12.6. The fraction of sp³-hybridized carbons (Fsp3) is 0.286. The fourth-order valence-corrected chi connectivity index (χ4v) is 3.32. The summed E-state index contributed by atoms with van der Waals surface area (Å²) < 4.78 is 13.4. The van der Waals surface area contributed by atoms with E-state index in [0.717, 1.165) is 13.0 Å². The lowest BCUT2D eigenvalue weighted by Crippen LogP contribution is -2.22. The van der Waals surface area contributed by atoms with Crippen molar-refractivity contribution in [1.29, 1.82) is 0 Å². The van der Waals surface area contributed by atoms with Gasteiger partial charge in [-0.05, 0) is 36.9 Å². The van der Waals surface area contributed by atoms with Crippen LogP contribution in [0.1, 0.15) is 23.4 Å². The van der Waals surface area contributed by atoms with Gasteiger partial charge in [0.15, 0.2) is 0 Å². The first-order valence-corrected chi connectivity index (χ1v) is 7.62. The Bertz CT molecular complexity index is 543. The molecule has 0 aliphatic carbocycles. The molecule has 1 heterocycles. The minimum absolute atomic E-state index is 0.0873. The van der Waals surface area contributed by atoms with Gasteiger partial charge >= 0.3 is 0 Å². The monoisotopic (exact) mass is 317 g/mol. The molecule has 2 aromatic rings. The number of halogens is 3. The van der Waals surface area contributed by atoms with Gasteiger partial charge < -0.3 is 5.32 Å². The van der Waals surface area contributed by atoms with Crippen molar-refractivity contribution in [2.24, 2.45) is 0 Å². The Morgan fingerprint density at radius 3 is 2.79 bits per heavy atom. The first-order chi connectivity index (χ1) is 9.09. The van der Waals surface area contributed by atoms with Gasteiger partial charge in [-0.3, -0.25) is 0 Å². The molecule has 0 saturated heterocycles. The molecule has 0 aliphatic heterocycles. The van der Waals surface area contributed by atoms with E-state index in [0.29, 0.717) is 10.6 Å². The average molecular weight is 318 g/mol. The molecule has 1 aromatic heterocycles. The van der Waals surface area contributed by atoms with Gasteiger partial charge in [-0.25, -0.2) is 4.39 Å². The molecule has 1 unspecified atom stereocenters. The first kappa shape index (κ1) is 14.8. The Morgan fingerprint density at radius 1 is 1.32 bits per heavy atom. The van der Waals surface area contributed by atoms with E-state index >= 15 is 0 Å². The van der Waals surface area contributed by atoms with E-state index in [-0.39, 0.29) is 11.1 Å². The number of hydrogen-bond acceptors (Lipinski definition) is 2. The van der Waals surface area contributed by atoms with Crippen molar-refractivity contribution in [2.75, 3.05) is 6.54 Å². The number of nitrogens with one attached hydrogen (secondary N) is 1. The van der Waals surface area contributed by atoms with E-state index in [1.165, 1.54) is 17.0 Å². The van der Waals surface area contributed by atoms with Gasteiger partial charge in [-0.1, -0.05) is 29.3 Å². The standard InChI is InChI=1S/C14H14Cl2FNS/c1-9(18-7-6-10-3-2-8-19-10)13-11(15)4-5-12(17)14(13)16/h2-5,8-9,18H,6-7H2,1H3. The van der Waals surface area contributed by atoms with Crippen molar-refractivity contribution in [3.05, 3.63) is 55.9 Å². The van der Waals surface area contributed by atoms with Gasteiger partial charge in [0.2, 0.25) is 0 Å². The second-order valence-corrected chi connectivity index (χ2v) is 6.08. The van der Waals surface area contributed by atoms with Gasteiger partial charge in [0.05, 0.1) is 5.02 Å². The summed E-state index contributed by atoms with van der Waals surface area (Å²) in [5.41, 5.74) is 0.620. The van der Waals surface area contributed by atoms with Crippen LogP contribution in [0.2, 0.25) is 10.0 Å². The van der Waals surface area contributed by atoms with Crippen molar-refractivity contribution in [3.8, 4) is 0 Å². The number of thiophene rings is 1. The highest BCUT2D eigenvalue weighted by molar-refractivity contribution is 7.09. The summed E-state index contributed by atoms with van der Waals surface area (Å²) in [5.74, 6) is -0.437. The second-order valence-electron chi connectivity index (χ2n) is 4.26. The molecular weight excluding hydrogens is 304 g/mol. The largest absolute Gasteiger partial charge is 0.310 e. The van der Waals surface area contributed by atoms with Gasteiger partial charge in [0, 0.05) is 28.0 Å². The molecule has 1 atom stereocenters. The SMILES string of the molecule is CC(NCCc1cccs1)c1c(Cl)ccc(F)c1Cl. The Labute approximate surface area is 126 Å². The molecule has 1 aromatic carbocycles. The maximum atomic E-state index is 13.4. The van der Waals surface area contributed by atoms with E-state index in [9.17, 15) is 4.39 Å². The maximum absolute atomic E-state index is 13.4. The molecule has 1 N–H and O–H groups in total. The molecule has 102 valence electrons. The summed E-state index contributed by atoms with van der Waals surface area (Å²) in [6.07, 6.45) is 0.937. The number of benzene rings is 1. The second kappa shape index (κ2) is 6.71. The zero-order valence-electron chi connectivity index (χ0n) is 10.4. The summed E-state index contributed by atoms with van der Waals surface area (Å²) in [6, 6.07) is 6.86. The van der Waals surface area contributed by atoms with Crippen LogP contribution in [-0.4, -0.2) is 6.54 Å². The van der Waals surface area contributed by atoms with Gasteiger partial charge in [0.25, 0.3) is 0 Å². The molecule has 0 fully saturated rings. The van der Waals surface area contributed by atoms with E-state index in [4.69, 9.17) is 23.2 Å². The first-order valence-electron chi connectivity index (χ1n) is 5.98. The van der Waals surface area contributed by atoms with Crippen LogP contribution in [-0.2, 0) is 6.42 Å². The summed E-state index contributed by atoms with van der Waals surface area (Å²) in [4.78, 5) is 1.32. The molecule has 1 nitrogen and oxygen atoms in total. The van der Waals surface area contributed by atoms with Crippen molar-refractivity contribution in [3.63, 3.8) is 0 Å². The third-order valence-corrected chi connectivity index (χ3v) is 4.56. The van der Waals surface area contributed by atoms with Crippen LogP contribution >= 0.6 is 34.5 Å². The average Bonchev–Trinajstić information content (AvgIpc) is 2.87. The minimum Gasteiger partial charge on any atom is -0.310 e. The number of rotatable bonds is 5. The van der Waals surface area contributed by atoms with Crippen LogP contribution in [0.25, 0.3) is 0 Å². The molecule has 0 spiro atoms. The molecule has 0 saturated carbocycles. The minimum atomic E-state index is -0.437. The third kappa shape index (κ3) is 3.69. The smallest absolute Gasteiger partial charge is 0.142 e.